The first kappa shape index (κ1) is 14.4. The molecule has 0 unspecified atom stereocenters. The van der Waals surface area contributed by atoms with Gasteiger partial charge in [-0.25, -0.2) is 0 Å². The normalized spacial score (nSPS) is 13.7. The molecule has 0 saturated carbocycles. The fourth-order valence-electron chi connectivity index (χ4n) is 1.65. The topological polar surface area (TPSA) is 81.5 Å². The van der Waals surface area contributed by atoms with Crippen LogP contribution in [0.3, 0.4) is 0 Å². The molecule has 0 aromatic heterocycles. The number of nitro benzene ring substituents is 1. The number of nitro groups is 1. The molecule has 1 N–H and O–H groups in total. The number of nitrogens with one attached hydrogen (secondary N) is 1. The van der Waals surface area contributed by atoms with Gasteiger partial charge in [-0.05, 0) is 19.1 Å². The van der Waals surface area contributed by atoms with Crippen LogP contribution >= 0.6 is 0 Å². The summed E-state index contributed by atoms with van der Waals surface area (Å²) in [5, 5.41) is 14.0. The summed E-state index contributed by atoms with van der Waals surface area (Å²) in [5.74, 6) is 0.629. The van der Waals surface area contributed by atoms with E-state index in [4.69, 9.17) is 4.74 Å². The summed E-state index contributed by atoms with van der Waals surface area (Å²) in [7, 11) is 0.428. The van der Waals surface area contributed by atoms with Crippen LogP contribution in [0.2, 0.25) is 0 Å². The first-order chi connectivity index (χ1) is 8.45. The van der Waals surface area contributed by atoms with Crippen molar-refractivity contribution in [1.82, 2.24) is 0 Å². The highest BCUT2D eigenvalue weighted by Gasteiger charge is 2.21. The van der Waals surface area contributed by atoms with Crippen molar-refractivity contribution in [3.05, 3.63) is 28.3 Å². The Bertz CT molecular complexity index is 464. The summed E-state index contributed by atoms with van der Waals surface area (Å²) in [6, 6.07) is 4.69. The second-order valence-corrected chi connectivity index (χ2v) is 5.38. The molecule has 0 aliphatic rings. The van der Waals surface area contributed by atoms with E-state index in [2.05, 4.69) is 5.32 Å². The first-order valence-corrected chi connectivity index (χ1v) is 7.06. The Morgan fingerprint density at radius 1 is 1.56 bits per heavy atom. The molecular weight excluding hydrogens is 256 g/mol. The van der Waals surface area contributed by atoms with Gasteiger partial charge in [0.2, 0.25) is 0 Å². The van der Waals surface area contributed by atoms with E-state index in [0.29, 0.717) is 11.4 Å². The van der Waals surface area contributed by atoms with E-state index < -0.39 is 15.7 Å². The lowest BCUT2D eigenvalue weighted by Crippen LogP contribution is -2.22. The lowest BCUT2D eigenvalue weighted by Gasteiger charge is -2.14. The Labute approximate surface area is 108 Å². The van der Waals surface area contributed by atoms with E-state index in [1.54, 1.807) is 18.4 Å². The molecule has 0 heterocycles. The highest BCUT2D eigenvalue weighted by atomic mass is 32.2. The van der Waals surface area contributed by atoms with Gasteiger partial charge in [0, 0.05) is 28.9 Å². The zero-order chi connectivity index (χ0) is 13.7. The number of anilines is 1. The van der Waals surface area contributed by atoms with Gasteiger partial charge in [0.25, 0.3) is 0 Å². The number of ether oxygens (including phenoxy) is 1. The average molecular weight is 272 g/mol. The number of para-hydroxylation sites is 1. The summed E-state index contributed by atoms with van der Waals surface area (Å²) in [4.78, 5) is 10.5. The van der Waals surface area contributed by atoms with E-state index in [1.165, 1.54) is 13.2 Å². The third-order valence-electron chi connectivity index (χ3n) is 2.29. The number of rotatable bonds is 6. The molecular formula is C11H16N2O4S. The number of benzene rings is 1. The van der Waals surface area contributed by atoms with Crippen LogP contribution in [0.15, 0.2) is 18.2 Å². The van der Waals surface area contributed by atoms with Crippen LogP contribution < -0.4 is 10.1 Å². The van der Waals surface area contributed by atoms with Crippen molar-refractivity contribution in [2.75, 3.05) is 24.4 Å². The van der Waals surface area contributed by atoms with Gasteiger partial charge in [-0.2, -0.15) is 0 Å². The van der Waals surface area contributed by atoms with E-state index in [-0.39, 0.29) is 17.5 Å². The minimum atomic E-state index is -0.957. The van der Waals surface area contributed by atoms with E-state index in [9.17, 15) is 14.3 Å². The van der Waals surface area contributed by atoms with Crippen LogP contribution in [-0.4, -0.2) is 34.3 Å². The molecule has 0 radical (unpaired) electrons. The zero-order valence-electron chi connectivity index (χ0n) is 10.5. The molecule has 1 aromatic carbocycles. The second kappa shape index (κ2) is 6.34. The Kier molecular flexibility index (Phi) is 5.08. The van der Waals surface area contributed by atoms with Crippen LogP contribution in [0.25, 0.3) is 0 Å². The lowest BCUT2D eigenvalue weighted by molar-refractivity contribution is -0.384. The monoisotopic (exact) mass is 272 g/mol. The molecule has 2 atom stereocenters. The Morgan fingerprint density at radius 3 is 2.72 bits per heavy atom. The molecule has 0 spiro atoms. The smallest absolute Gasteiger partial charge is 0.333 e. The molecule has 18 heavy (non-hydrogen) atoms. The summed E-state index contributed by atoms with van der Waals surface area (Å²) in [5.41, 5.74) is 0.269. The van der Waals surface area contributed by atoms with Crippen LogP contribution in [0.5, 0.6) is 5.75 Å². The van der Waals surface area contributed by atoms with E-state index in [0.717, 1.165) is 0 Å². The molecule has 7 heteroatoms. The molecule has 0 amide bonds. The minimum absolute atomic E-state index is 0.103. The van der Waals surface area contributed by atoms with Crippen molar-refractivity contribution < 1.29 is 13.9 Å². The third kappa shape index (κ3) is 3.69. The maximum atomic E-state index is 11.1. The Balaban J connectivity index is 3.01. The first-order valence-electron chi connectivity index (χ1n) is 5.33. The number of hydrogen-bond donors (Lipinski definition) is 1. The van der Waals surface area contributed by atoms with Crippen molar-refractivity contribution in [2.24, 2.45) is 0 Å². The van der Waals surface area contributed by atoms with Gasteiger partial charge >= 0.3 is 5.69 Å². The number of methoxy groups -OCH3 is 1. The van der Waals surface area contributed by atoms with Crippen LogP contribution in [0.4, 0.5) is 11.4 Å². The quantitative estimate of drug-likeness (QED) is 0.630. The third-order valence-corrected chi connectivity index (χ3v) is 3.26. The maximum Gasteiger partial charge on any atom is 0.333 e. The summed E-state index contributed by atoms with van der Waals surface area (Å²) in [6.07, 6.45) is 1.60. The molecule has 0 aliphatic carbocycles. The molecule has 100 valence electrons. The van der Waals surface area contributed by atoms with Crippen LogP contribution in [-0.2, 0) is 10.8 Å². The Morgan fingerprint density at radius 2 is 2.22 bits per heavy atom. The summed E-state index contributed by atoms with van der Waals surface area (Å²) in [6.45, 7) is 1.82. The zero-order valence-corrected chi connectivity index (χ0v) is 11.3. The molecule has 0 aliphatic heterocycles. The van der Waals surface area contributed by atoms with Gasteiger partial charge in [0.05, 0.1) is 12.0 Å². The van der Waals surface area contributed by atoms with Crippen LogP contribution in [0, 0.1) is 10.1 Å². The molecule has 6 nitrogen and oxygen atoms in total. The van der Waals surface area contributed by atoms with Gasteiger partial charge in [0.15, 0.2) is 5.75 Å². The molecule has 0 bridgehead atoms. The predicted molar refractivity (Wildman–Crippen MR) is 71.7 cm³/mol. The van der Waals surface area contributed by atoms with Crippen molar-refractivity contribution in [1.29, 1.82) is 0 Å². The molecule has 1 rings (SSSR count). The molecule has 0 fully saturated rings. The Hall–Kier alpha value is -1.63. The molecule has 0 saturated heterocycles. The average Bonchev–Trinajstić information content (AvgIpc) is 2.26. The summed E-state index contributed by atoms with van der Waals surface area (Å²) < 4.78 is 16.1. The van der Waals surface area contributed by atoms with Gasteiger partial charge < -0.3 is 10.1 Å². The largest absolute Gasteiger partial charge is 0.490 e. The lowest BCUT2D eigenvalue weighted by atomic mass is 10.2. The fraction of sp³-hybridized carbons (Fsp3) is 0.455. The van der Waals surface area contributed by atoms with Gasteiger partial charge in [-0.1, -0.05) is 6.07 Å². The highest BCUT2D eigenvalue weighted by Crippen LogP contribution is 2.34. The minimum Gasteiger partial charge on any atom is -0.490 e. The van der Waals surface area contributed by atoms with Crippen molar-refractivity contribution >= 4 is 22.2 Å². The van der Waals surface area contributed by atoms with Gasteiger partial charge in [-0.3, -0.25) is 14.3 Å². The van der Waals surface area contributed by atoms with Crippen molar-refractivity contribution in [3.63, 3.8) is 0 Å². The molecule has 1 aromatic rings. The van der Waals surface area contributed by atoms with Crippen molar-refractivity contribution in [3.8, 4) is 5.75 Å². The number of nitrogens with zero attached hydrogens (tertiary/aromatic N) is 1. The maximum absolute atomic E-state index is 11.1. The SMILES string of the molecule is COc1cccc(N[C@H](C)C[S@](C)=O)c1[N+](=O)[O-]. The fourth-order valence-corrected chi connectivity index (χ4v) is 2.44. The van der Waals surface area contributed by atoms with E-state index in [1.807, 2.05) is 6.92 Å². The number of hydrogen-bond acceptors (Lipinski definition) is 5. The summed E-state index contributed by atoms with van der Waals surface area (Å²) >= 11 is 0. The highest BCUT2D eigenvalue weighted by molar-refractivity contribution is 7.84. The van der Waals surface area contributed by atoms with E-state index >= 15 is 0 Å². The predicted octanol–water partition coefficient (Wildman–Crippen LogP) is 1.78. The van der Waals surface area contributed by atoms with Gasteiger partial charge in [0.1, 0.15) is 5.69 Å². The van der Waals surface area contributed by atoms with Crippen LogP contribution in [0.1, 0.15) is 6.92 Å². The second-order valence-electron chi connectivity index (χ2n) is 3.90. The standard InChI is InChI=1S/C11H16N2O4S/c1-8(7-18(3)16)12-9-5-4-6-10(17-2)11(9)13(14)15/h4-6,8,12H,7H2,1-3H3/t8-,18+/m1/s1. The van der Waals surface area contributed by atoms with Gasteiger partial charge in [-0.15, -0.1) is 0 Å². The van der Waals surface area contributed by atoms with Crippen molar-refractivity contribution in [2.45, 2.75) is 13.0 Å².